The lowest BCUT2D eigenvalue weighted by Gasteiger charge is -2.05. The van der Waals surface area contributed by atoms with Crippen LogP contribution >= 0.6 is 11.3 Å². The molecule has 0 radical (unpaired) electrons. The number of aryl methyl sites for hydroxylation is 1. The predicted octanol–water partition coefficient (Wildman–Crippen LogP) is 2.73. The molecule has 3 rings (SSSR count). The van der Waals surface area contributed by atoms with Crippen LogP contribution < -0.4 is 15.2 Å². The second kappa shape index (κ2) is 4.17. The average molecular weight is 277 g/mol. The van der Waals surface area contributed by atoms with Crippen LogP contribution in [0.15, 0.2) is 18.2 Å². The molecule has 0 spiro atoms. The lowest BCUT2D eigenvalue weighted by atomic mass is 10.0. The van der Waals surface area contributed by atoms with Gasteiger partial charge in [0.05, 0.1) is 0 Å². The van der Waals surface area contributed by atoms with E-state index in [4.69, 9.17) is 15.2 Å². The standard InChI is InChI=1S/C13H11NO4S/c1-6-10(11(13(15)16)12(14)19-6)7-2-3-8-9(4-7)18-5-17-8/h2-4H,5,14H2,1H3,(H,15,16). The molecule has 0 saturated heterocycles. The fourth-order valence-electron chi connectivity index (χ4n) is 2.18. The first-order chi connectivity index (χ1) is 9.08. The Hall–Kier alpha value is -2.21. The van der Waals surface area contributed by atoms with E-state index >= 15 is 0 Å². The van der Waals surface area contributed by atoms with Crippen molar-refractivity contribution in [3.8, 4) is 22.6 Å². The number of nitrogen functional groups attached to an aromatic ring is 1. The summed E-state index contributed by atoms with van der Waals surface area (Å²) in [6, 6.07) is 5.37. The van der Waals surface area contributed by atoms with Gasteiger partial charge in [0, 0.05) is 10.4 Å². The highest BCUT2D eigenvalue weighted by atomic mass is 32.1. The summed E-state index contributed by atoms with van der Waals surface area (Å²) < 4.78 is 10.6. The van der Waals surface area contributed by atoms with Gasteiger partial charge in [-0.1, -0.05) is 6.07 Å². The highest BCUT2D eigenvalue weighted by molar-refractivity contribution is 7.16. The molecule has 5 nitrogen and oxygen atoms in total. The van der Waals surface area contributed by atoms with Gasteiger partial charge >= 0.3 is 5.97 Å². The molecule has 2 heterocycles. The smallest absolute Gasteiger partial charge is 0.339 e. The Morgan fingerprint density at radius 2 is 2.11 bits per heavy atom. The van der Waals surface area contributed by atoms with Crippen LogP contribution in [-0.2, 0) is 0 Å². The molecule has 2 aromatic rings. The molecule has 1 aliphatic rings. The number of aromatic carboxylic acids is 1. The van der Waals surface area contributed by atoms with Crippen LogP contribution in [0, 0.1) is 6.92 Å². The summed E-state index contributed by atoms with van der Waals surface area (Å²) in [5.74, 6) is 0.272. The number of carboxylic acids is 1. The van der Waals surface area contributed by atoms with Gasteiger partial charge in [0.15, 0.2) is 11.5 Å². The van der Waals surface area contributed by atoms with Crippen molar-refractivity contribution in [2.75, 3.05) is 12.5 Å². The molecule has 0 bridgehead atoms. The number of hydrogen-bond acceptors (Lipinski definition) is 5. The molecule has 0 aliphatic carbocycles. The van der Waals surface area contributed by atoms with Crippen LogP contribution in [0.25, 0.3) is 11.1 Å². The molecule has 1 aliphatic heterocycles. The highest BCUT2D eigenvalue weighted by Gasteiger charge is 2.23. The summed E-state index contributed by atoms with van der Waals surface area (Å²) in [6.07, 6.45) is 0. The van der Waals surface area contributed by atoms with E-state index in [9.17, 15) is 9.90 Å². The number of thiophene rings is 1. The maximum Gasteiger partial charge on any atom is 0.339 e. The van der Waals surface area contributed by atoms with Crippen molar-refractivity contribution in [1.29, 1.82) is 0 Å². The van der Waals surface area contributed by atoms with E-state index in [0.29, 0.717) is 22.1 Å². The molecule has 0 atom stereocenters. The van der Waals surface area contributed by atoms with Gasteiger partial charge in [-0.25, -0.2) is 4.79 Å². The van der Waals surface area contributed by atoms with Gasteiger partial charge in [-0.3, -0.25) is 0 Å². The number of hydrogen-bond donors (Lipinski definition) is 2. The van der Waals surface area contributed by atoms with E-state index in [1.165, 1.54) is 11.3 Å². The molecular weight excluding hydrogens is 266 g/mol. The summed E-state index contributed by atoms with van der Waals surface area (Å²) >= 11 is 1.28. The van der Waals surface area contributed by atoms with Crippen molar-refractivity contribution in [3.05, 3.63) is 28.6 Å². The molecule has 98 valence electrons. The van der Waals surface area contributed by atoms with Crippen molar-refractivity contribution >= 4 is 22.3 Å². The molecule has 1 aromatic carbocycles. The predicted molar refractivity (Wildman–Crippen MR) is 72.0 cm³/mol. The molecule has 0 unspecified atom stereocenters. The number of fused-ring (bicyclic) bond motifs is 1. The Morgan fingerprint density at radius 1 is 1.37 bits per heavy atom. The first-order valence-corrected chi connectivity index (χ1v) is 6.41. The summed E-state index contributed by atoms with van der Waals surface area (Å²) in [5, 5.41) is 9.60. The van der Waals surface area contributed by atoms with Gasteiger partial charge in [0.25, 0.3) is 0 Å². The van der Waals surface area contributed by atoms with E-state index < -0.39 is 5.97 Å². The fourth-order valence-corrected chi connectivity index (χ4v) is 3.12. The quantitative estimate of drug-likeness (QED) is 0.882. The minimum atomic E-state index is -1.02. The third-order valence-electron chi connectivity index (χ3n) is 2.99. The summed E-state index contributed by atoms with van der Waals surface area (Å²) in [7, 11) is 0. The first kappa shape index (κ1) is 11.9. The van der Waals surface area contributed by atoms with E-state index in [-0.39, 0.29) is 12.4 Å². The number of ether oxygens (including phenoxy) is 2. The Labute approximate surface area is 113 Å². The number of carbonyl (C=O) groups is 1. The van der Waals surface area contributed by atoms with Crippen molar-refractivity contribution in [1.82, 2.24) is 0 Å². The average Bonchev–Trinajstić information content (AvgIpc) is 2.91. The normalized spacial score (nSPS) is 12.7. The number of benzene rings is 1. The minimum absolute atomic E-state index is 0.154. The minimum Gasteiger partial charge on any atom is -0.478 e. The molecule has 0 fully saturated rings. The first-order valence-electron chi connectivity index (χ1n) is 5.60. The Kier molecular flexibility index (Phi) is 2.60. The van der Waals surface area contributed by atoms with Crippen LogP contribution in [0.2, 0.25) is 0 Å². The zero-order chi connectivity index (χ0) is 13.6. The summed E-state index contributed by atoms with van der Waals surface area (Å²) in [5.41, 5.74) is 7.35. The van der Waals surface area contributed by atoms with Crippen LogP contribution in [0.5, 0.6) is 11.5 Å². The highest BCUT2D eigenvalue weighted by Crippen LogP contribution is 2.42. The van der Waals surface area contributed by atoms with Crippen molar-refractivity contribution in [3.63, 3.8) is 0 Å². The third kappa shape index (κ3) is 1.80. The largest absolute Gasteiger partial charge is 0.478 e. The van der Waals surface area contributed by atoms with E-state index in [2.05, 4.69) is 0 Å². The Bertz CT molecular complexity index is 678. The zero-order valence-corrected chi connectivity index (χ0v) is 10.9. The van der Waals surface area contributed by atoms with Gasteiger partial charge in [-0.15, -0.1) is 11.3 Å². The van der Waals surface area contributed by atoms with Crippen molar-refractivity contribution in [2.45, 2.75) is 6.92 Å². The molecule has 1 aromatic heterocycles. The molecule has 3 N–H and O–H groups in total. The van der Waals surface area contributed by atoms with Crippen LogP contribution in [-0.4, -0.2) is 17.9 Å². The van der Waals surface area contributed by atoms with Gasteiger partial charge in [0.2, 0.25) is 6.79 Å². The molecular formula is C13H11NO4S. The fraction of sp³-hybridized carbons (Fsp3) is 0.154. The van der Waals surface area contributed by atoms with Crippen LogP contribution in [0.4, 0.5) is 5.00 Å². The second-order valence-corrected chi connectivity index (χ2v) is 5.40. The van der Waals surface area contributed by atoms with Crippen LogP contribution in [0.3, 0.4) is 0 Å². The maximum absolute atomic E-state index is 11.3. The van der Waals surface area contributed by atoms with Gasteiger partial charge in [0.1, 0.15) is 10.6 Å². The lowest BCUT2D eigenvalue weighted by molar-refractivity contribution is 0.0699. The Balaban J connectivity index is 2.19. The zero-order valence-electron chi connectivity index (χ0n) is 10.1. The van der Waals surface area contributed by atoms with Crippen LogP contribution in [0.1, 0.15) is 15.2 Å². The number of anilines is 1. The number of carboxylic acid groups (broad SMARTS) is 1. The molecule has 6 heteroatoms. The summed E-state index contributed by atoms with van der Waals surface area (Å²) in [4.78, 5) is 12.2. The lowest BCUT2D eigenvalue weighted by Crippen LogP contribution is -2.00. The number of rotatable bonds is 2. The van der Waals surface area contributed by atoms with Crippen molar-refractivity contribution in [2.24, 2.45) is 0 Å². The van der Waals surface area contributed by atoms with Crippen molar-refractivity contribution < 1.29 is 19.4 Å². The van der Waals surface area contributed by atoms with Gasteiger partial charge < -0.3 is 20.3 Å². The topological polar surface area (TPSA) is 81.8 Å². The summed E-state index contributed by atoms with van der Waals surface area (Å²) in [6.45, 7) is 2.04. The van der Waals surface area contributed by atoms with E-state index in [0.717, 1.165) is 10.4 Å². The van der Waals surface area contributed by atoms with Gasteiger partial charge in [-0.2, -0.15) is 0 Å². The molecule has 19 heavy (non-hydrogen) atoms. The van der Waals surface area contributed by atoms with E-state index in [1.54, 1.807) is 12.1 Å². The third-order valence-corrected chi connectivity index (χ3v) is 3.92. The van der Waals surface area contributed by atoms with E-state index in [1.807, 2.05) is 13.0 Å². The monoisotopic (exact) mass is 277 g/mol. The maximum atomic E-state index is 11.3. The SMILES string of the molecule is Cc1sc(N)c(C(=O)O)c1-c1ccc2c(c1)OCO2. The molecule has 0 saturated carbocycles. The Morgan fingerprint density at radius 3 is 2.84 bits per heavy atom. The molecule has 0 amide bonds. The number of nitrogens with two attached hydrogens (primary N) is 1. The van der Waals surface area contributed by atoms with Gasteiger partial charge in [-0.05, 0) is 24.6 Å². The second-order valence-electron chi connectivity index (χ2n) is 4.15.